The highest BCUT2D eigenvalue weighted by molar-refractivity contribution is 7.89. The Morgan fingerprint density at radius 1 is 1.14 bits per heavy atom. The van der Waals surface area contributed by atoms with Gasteiger partial charge in [-0.25, -0.2) is 17.6 Å². The highest BCUT2D eigenvalue weighted by Crippen LogP contribution is 2.28. The van der Waals surface area contributed by atoms with Crippen LogP contribution in [0.3, 0.4) is 0 Å². The molecule has 10 heteroatoms. The number of nitrogens with one attached hydrogen (secondary N) is 1. The van der Waals surface area contributed by atoms with Crippen LogP contribution in [0, 0.1) is 17.7 Å². The third kappa shape index (κ3) is 4.09. The number of sulfonamides is 1. The number of benzene rings is 1. The Labute approximate surface area is 169 Å². The molecule has 3 atom stereocenters. The summed E-state index contributed by atoms with van der Waals surface area (Å²) in [5.41, 5.74) is 0. The van der Waals surface area contributed by atoms with Gasteiger partial charge in [0, 0.05) is 32.1 Å². The van der Waals surface area contributed by atoms with Crippen LogP contribution in [0.4, 0.5) is 9.18 Å². The molecule has 1 N–H and O–H groups in total. The third-order valence-electron chi connectivity index (χ3n) is 5.98. The molecule has 4 rings (SSSR count). The monoisotopic (exact) mass is 425 g/mol. The van der Waals surface area contributed by atoms with Crippen LogP contribution in [0.5, 0.6) is 0 Å². The van der Waals surface area contributed by atoms with Crippen LogP contribution in [0.15, 0.2) is 29.2 Å². The number of nitrogens with zero attached hydrogens (tertiary/aromatic N) is 2. The first-order valence-corrected chi connectivity index (χ1v) is 11.3. The van der Waals surface area contributed by atoms with Crippen molar-refractivity contribution >= 4 is 22.0 Å². The number of carbonyl (C=O) groups excluding carboxylic acids is 2. The van der Waals surface area contributed by atoms with Crippen LogP contribution in [-0.4, -0.2) is 68.5 Å². The molecular formula is C19H24FN3O5S. The molecule has 29 heavy (non-hydrogen) atoms. The van der Waals surface area contributed by atoms with E-state index < -0.39 is 27.9 Å². The summed E-state index contributed by atoms with van der Waals surface area (Å²) in [7, 11) is -3.78. The lowest BCUT2D eigenvalue weighted by Crippen LogP contribution is -2.59. The van der Waals surface area contributed by atoms with E-state index in [1.165, 1.54) is 16.4 Å². The van der Waals surface area contributed by atoms with Crippen LogP contribution < -0.4 is 5.32 Å². The van der Waals surface area contributed by atoms with Crippen molar-refractivity contribution in [3.05, 3.63) is 30.1 Å². The molecule has 3 heterocycles. The van der Waals surface area contributed by atoms with Crippen molar-refractivity contribution in [2.24, 2.45) is 11.8 Å². The number of cyclic esters (lactones) is 1. The van der Waals surface area contributed by atoms with Crippen molar-refractivity contribution in [3.63, 3.8) is 0 Å². The number of piperidine rings is 2. The van der Waals surface area contributed by atoms with Crippen LogP contribution in [0.2, 0.25) is 0 Å². The molecule has 3 aliphatic rings. The molecule has 1 aromatic carbocycles. The van der Waals surface area contributed by atoms with E-state index in [0.717, 1.165) is 18.6 Å². The van der Waals surface area contributed by atoms with E-state index in [0.29, 0.717) is 39.1 Å². The first kappa shape index (κ1) is 20.1. The molecule has 158 valence electrons. The van der Waals surface area contributed by atoms with Gasteiger partial charge < -0.3 is 15.0 Å². The molecule has 8 nitrogen and oxygen atoms in total. The Morgan fingerprint density at radius 3 is 2.66 bits per heavy atom. The summed E-state index contributed by atoms with van der Waals surface area (Å²) in [6.45, 7) is 1.80. The zero-order chi connectivity index (χ0) is 20.6. The highest BCUT2D eigenvalue weighted by Gasteiger charge is 2.40. The summed E-state index contributed by atoms with van der Waals surface area (Å²) in [6, 6.07) is 4.60. The van der Waals surface area contributed by atoms with E-state index in [2.05, 4.69) is 5.32 Å². The maximum absolute atomic E-state index is 13.1. The van der Waals surface area contributed by atoms with E-state index in [9.17, 15) is 22.4 Å². The van der Waals surface area contributed by atoms with E-state index in [1.807, 2.05) is 0 Å². The van der Waals surface area contributed by atoms with Gasteiger partial charge in [0.05, 0.1) is 23.5 Å². The quantitative estimate of drug-likeness (QED) is 0.785. The summed E-state index contributed by atoms with van der Waals surface area (Å²) < 4.78 is 45.2. The predicted octanol–water partition coefficient (Wildman–Crippen LogP) is 1.18. The lowest BCUT2D eigenvalue weighted by molar-refractivity contribution is -0.139. The van der Waals surface area contributed by atoms with Gasteiger partial charge in [0.15, 0.2) is 0 Å². The molecule has 3 saturated heterocycles. The Hall–Kier alpha value is -2.20. The number of hydrogen-bond acceptors (Lipinski definition) is 5. The molecule has 3 aliphatic heterocycles. The molecule has 0 unspecified atom stereocenters. The molecule has 3 fully saturated rings. The number of amides is 2. The number of carbonyl (C=O) groups is 2. The first-order valence-electron chi connectivity index (χ1n) is 9.82. The molecule has 0 aromatic heterocycles. The number of halogens is 1. The Kier molecular flexibility index (Phi) is 5.48. The Morgan fingerprint density at radius 2 is 1.90 bits per heavy atom. The zero-order valence-electron chi connectivity index (χ0n) is 15.9. The van der Waals surface area contributed by atoms with Gasteiger partial charge in [0.25, 0.3) is 0 Å². The standard InChI is InChI=1S/C19H24FN3O5S/c20-15-3-5-16(6-4-15)29(26,27)23-8-1-2-13(10-23)18(24)22-9-7-14-12-28-19(25)21-17(14)11-22/h3-6,13-14,17H,1-2,7-12H2,(H,21,25)/t13-,14+,17-/m0/s1. The largest absolute Gasteiger partial charge is 0.449 e. The Balaban J connectivity index is 1.43. The van der Waals surface area contributed by atoms with Gasteiger partial charge in [-0.15, -0.1) is 0 Å². The van der Waals surface area contributed by atoms with E-state index in [4.69, 9.17) is 4.74 Å². The van der Waals surface area contributed by atoms with Crippen LogP contribution in [-0.2, 0) is 19.6 Å². The SMILES string of the molecule is O=C1N[C@H]2CN(C(=O)[C@H]3CCCN(S(=O)(=O)c4ccc(F)cc4)C3)CC[C@@H]2CO1. The first-order chi connectivity index (χ1) is 13.8. The summed E-state index contributed by atoms with van der Waals surface area (Å²) in [6.07, 6.45) is 1.48. The van der Waals surface area contributed by atoms with Crippen molar-refractivity contribution in [2.75, 3.05) is 32.8 Å². The minimum absolute atomic E-state index is 0.0257. The second-order valence-corrected chi connectivity index (χ2v) is 9.78. The van der Waals surface area contributed by atoms with Crippen LogP contribution >= 0.6 is 0 Å². The van der Waals surface area contributed by atoms with Crippen molar-refractivity contribution in [1.29, 1.82) is 0 Å². The van der Waals surface area contributed by atoms with E-state index in [-0.39, 0.29) is 29.3 Å². The second kappa shape index (κ2) is 7.91. The third-order valence-corrected chi connectivity index (χ3v) is 7.86. The number of alkyl carbamates (subject to hydrolysis) is 1. The summed E-state index contributed by atoms with van der Waals surface area (Å²) in [5, 5.41) is 2.77. The van der Waals surface area contributed by atoms with Gasteiger partial charge in [-0.3, -0.25) is 4.79 Å². The van der Waals surface area contributed by atoms with Crippen molar-refractivity contribution in [1.82, 2.24) is 14.5 Å². The predicted molar refractivity (Wildman–Crippen MR) is 101 cm³/mol. The molecule has 0 radical (unpaired) electrons. The highest BCUT2D eigenvalue weighted by atomic mass is 32.2. The molecule has 0 aliphatic carbocycles. The molecule has 2 amide bonds. The molecule has 0 saturated carbocycles. The smallest absolute Gasteiger partial charge is 0.407 e. The van der Waals surface area contributed by atoms with Gasteiger partial charge in [0.1, 0.15) is 5.82 Å². The lowest BCUT2D eigenvalue weighted by Gasteiger charge is -2.42. The summed E-state index contributed by atoms with van der Waals surface area (Å²) in [4.78, 5) is 26.3. The van der Waals surface area contributed by atoms with E-state index in [1.54, 1.807) is 4.90 Å². The average Bonchev–Trinajstić information content (AvgIpc) is 2.73. The fourth-order valence-corrected chi connectivity index (χ4v) is 5.84. The molecular weight excluding hydrogens is 401 g/mol. The maximum Gasteiger partial charge on any atom is 0.407 e. The number of rotatable bonds is 3. The second-order valence-electron chi connectivity index (χ2n) is 7.84. The summed E-state index contributed by atoms with van der Waals surface area (Å²) in [5.74, 6) is -0.813. The van der Waals surface area contributed by atoms with Crippen molar-refractivity contribution < 1.29 is 27.1 Å². The van der Waals surface area contributed by atoms with E-state index >= 15 is 0 Å². The Bertz CT molecular complexity index is 892. The maximum atomic E-state index is 13.1. The fourth-order valence-electron chi connectivity index (χ4n) is 4.32. The minimum Gasteiger partial charge on any atom is -0.449 e. The molecule has 0 bridgehead atoms. The van der Waals surface area contributed by atoms with Gasteiger partial charge in [-0.05, 0) is 43.5 Å². The normalized spacial score (nSPS) is 28.2. The van der Waals surface area contributed by atoms with Gasteiger partial charge in [-0.1, -0.05) is 0 Å². The van der Waals surface area contributed by atoms with Gasteiger partial charge in [-0.2, -0.15) is 4.31 Å². The number of likely N-dealkylation sites (tertiary alicyclic amines) is 1. The number of hydrogen-bond donors (Lipinski definition) is 1. The lowest BCUT2D eigenvalue weighted by atomic mass is 9.89. The number of ether oxygens (including phenoxy) is 1. The van der Waals surface area contributed by atoms with Crippen LogP contribution in [0.25, 0.3) is 0 Å². The van der Waals surface area contributed by atoms with Gasteiger partial charge in [0.2, 0.25) is 15.9 Å². The topological polar surface area (TPSA) is 96.0 Å². The average molecular weight is 425 g/mol. The zero-order valence-corrected chi connectivity index (χ0v) is 16.7. The molecule has 1 aromatic rings. The number of fused-ring (bicyclic) bond motifs is 1. The molecule has 0 spiro atoms. The fraction of sp³-hybridized carbons (Fsp3) is 0.579. The minimum atomic E-state index is -3.78. The van der Waals surface area contributed by atoms with Crippen LogP contribution in [0.1, 0.15) is 19.3 Å². The summed E-state index contributed by atoms with van der Waals surface area (Å²) >= 11 is 0. The van der Waals surface area contributed by atoms with Crippen molar-refractivity contribution in [2.45, 2.75) is 30.2 Å². The van der Waals surface area contributed by atoms with Crippen molar-refractivity contribution in [3.8, 4) is 0 Å². The van der Waals surface area contributed by atoms with Gasteiger partial charge >= 0.3 is 6.09 Å².